The summed E-state index contributed by atoms with van der Waals surface area (Å²) in [6, 6.07) is 5.42. The van der Waals surface area contributed by atoms with Crippen molar-refractivity contribution >= 4 is 10.9 Å². The van der Waals surface area contributed by atoms with E-state index in [4.69, 9.17) is 5.73 Å². The number of hydrogen-bond acceptors (Lipinski definition) is 2. The number of aromatic nitrogens is 1. The summed E-state index contributed by atoms with van der Waals surface area (Å²) in [6.45, 7) is 9.71. The van der Waals surface area contributed by atoms with Gasteiger partial charge < -0.3 is 10.3 Å². The minimum absolute atomic E-state index is 0.538. The number of nitrogens with zero attached hydrogens (tertiary/aromatic N) is 2. The van der Waals surface area contributed by atoms with E-state index < -0.39 is 0 Å². The molecular formula is C18H27N3. The maximum absolute atomic E-state index is 5.80. The molecule has 2 heterocycles. The Bertz CT molecular complexity index is 654. The molecule has 3 heteroatoms. The lowest BCUT2D eigenvalue weighted by Crippen LogP contribution is -2.24. The van der Waals surface area contributed by atoms with Crippen molar-refractivity contribution in [3.63, 3.8) is 0 Å². The molecule has 0 saturated heterocycles. The summed E-state index contributed by atoms with van der Waals surface area (Å²) in [5.74, 6) is 0.538. The lowest BCUT2D eigenvalue weighted by atomic mass is 9.99. The van der Waals surface area contributed by atoms with E-state index in [2.05, 4.69) is 55.6 Å². The molecule has 2 N–H and O–H groups in total. The number of fused-ring (bicyclic) bond motifs is 2. The largest absolute Gasteiger partial charge is 0.350 e. The average Bonchev–Trinajstić information content (AvgIpc) is 2.99. The van der Waals surface area contributed by atoms with Gasteiger partial charge in [0.15, 0.2) is 0 Å². The first-order valence-corrected chi connectivity index (χ1v) is 8.03. The molecule has 1 unspecified atom stereocenters. The Labute approximate surface area is 127 Å². The van der Waals surface area contributed by atoms with E-state index in [9.17, 15) is 0 Å². The highest BCUT2D eigenvalue weighted by atomic mass is 15.2. The molecular weight excluding hydrogens is 258 g/mol. The Hall–Kier alpha value is -1.32. The van der Waals surface area contributed by atoms with Crippen LogP contribution in [0, 0.1) is 5.92 Å². The zero-order valence-electron chi connectivity index (χ0n) is 13.7. The zero-order valence-corrected chi connectivity index (χ0v) is 13.7. The first-order valence-electron chi connectivity index (χ1n) is 8.03. The van der Waals surface area contributed by atoms with Gasteiger partial charge in [-0.1, -0.05) is 6.92 Å². The Morgan fingerprint density at radius 2 is 1.81 bits per heavy atom. The lowest BCUT2D eigenvalue weighted by Gasteiger charge is -2.18. The van der Waals surface area contributed by atoms with Crippen molar-refractivity contribution in [2.45, 2.75) is 46.3 Å². The van der Waals surface area contributed by atoms with Crippen LogP contribution in [0.5, 0.6) is 0 Å². The van der Waals surface area contributed by atoms with Crippen LogP contribution in [0.25, 0.3) is 10.9 Å². The van der Waals surface area contributed by atoms with Crippen LogP contribution in [-0.2, 0) is 26.6 Å². The van der Waals surface area contributed by atoms with Crippen LogP contribution in [0.4, 0.5) is 0 Å². The van der Waals surface area contributed by atoms with Gasteiger partial charge in [0.1, 0.15) is 0 Å². The molecule has 0 amide bonds. The van der Waals surface area contributed by atoms with Gasteiger partial charge in [0.25, 0.3) is 0 Å². The van der Waals surface area contributed by atoms with E-state index in [0.29, 0.717) is 12.0 Å². The maximum Gasteiger partial charge on any atom is 0.0484 e. The molecule has 0 saturated carbocycles. The quantitative estimate of drug-likeness (QED) is 0.937. The van der Waals surface area contributed by atoms with E-state index >= 15 is 0 Å². The van der Waals surface area contributed by atoms with Gasteiger partial charge in [-0.3, -0.25) is 4.90 Å². The van der Waals surface area contributed by atoms with Gasteiger partial charge in [0, 0.05) is 43.3 Å². The fourth-order valence-corrected chi connectivity index (χ4v) is 3.37. The highest BCUT2D eigenvalue weighted by Gasteiger charge is 2.23. The van der Waals surface area contributed by atoms with Crippen molar-refractivity contribution < 1.29 is 0 Å². The number of aryl methyl sites for hydroxylation is 1. The van der Waals surface area contributed by atoms with Crippen LogP contribution in [0.15, 0.2) is 18.3 Å². The molecule has 0 bridgehead atoms. The Morgan fingerprint density at radius 3 is 2.43 bits per heavy atom. The van der Waals surface area contributed by atoms with E-state index in [0.717, 1.165) is 26.1 Å². The summed E-state index contributed by atoms with van der Waals surface area (Å²) in [4.78, 5) is 2.53. The standard InChI is InChI=1S/C18H27N3/c1-12(2)21-10-14-6-17-16(5-13(3)8-19)9-20(4)18(17)7-15(14)11-21/h6-7,9,12-13H,5,8,10-11,19H2,1-4H3. The minimum atomic E-state index is 0.538. The highest BCUT2D eigenvalue weighted by molar-refractivity contribution is 5.86. The van der Waals surface area contributed by atoms with Crippen molar-refractivity contribution in [2.75, 3.05) is 6.54 Å². The topological polar surface area (TPSA) is 34.2 Å². The van der Waals surface area contributed by atoms with Gasteiger partial charge >= 0.3 is 0 Å². The van der Waals surface area contributed by atoms with Crippen molar-refractivity contribution in [2.24, 2.45) is 18.7 Å². The van der Waals surface area contributed by atoms with Crippen LogP contribution in [0.2, 0.25) is 0 Å². The van der Waals surface area contributed by atoms with Crippen LogP contribution in [-0.4, -0.2) is 22.1 Å². The van der Waals surface area contributed by atoms with Crippen LogP contribution < -0.4 is 5.73 Å². The third-order valence-electron chi connectivity index (χ3n) is 4.84. The number of hydrogen-bond donors (Lipinski definition) is 1. The second kappa shape index (κ2) is 5.47. The van der Waals surface area contributed by atoms with Gasteiger partial charge in [-0.15, -0.1) is 0 Å². The molecule has 0 radical (unpaired) electrons. The van der Waals surface area contributed by atoms with Crippen LogP contribution in [0.1, 0.15) is 37.5 Å². The smallest absolute Gasteiger partial charge is 0.0484 e. The predicted octanol–water partition coefficient (Wildman–Crippen LogP) is 3.04. The molecule has 1 aliphatic rings. The van der Waals surface area contributed by atoms with Crippen LogP contribution in [0.3, 0.4) is 0 Å². The number of nitrogens with two attached hydrogens (primary N) is 1. The molecule has 1 atom stereocenters. The highest BCUT2D eigenvalue weighted by Crippen LogP contribution is 2.32. The Balaban J connectivity index is 2.01. The molecule has 0 fully saturated rings. The lowest BCUT2D eigenvalue weighted by molar-refractivity contribution is 0.227. The number of benzene rings is 1. The second-order valence-electron chi connectivity index (χ2n) is 6.95. The van der Waals surface area contributed by atoms with Gasteiger partial charge in [-0.25, -0.2) is 0 Å². The fraction of sp³-hybridized carbons (Fsp3) is 0.556. The van der Waals surface area contributed by atoms with Crippen molar-refractivity contribution in [3.05, 3.63) is 35.0 Å². The first kappa shape index (κ1) is 14.6. The SMILES string of the molecule is CC(CN)Cc1cn(C)c2cc3c(cc12)CN(C(C)C)C3. The molecule has 3 rings (SSSR count). The molecule has 0 aliphatic carbocycles. The summed E-state index contributed by atoms with van der Waals surface area (Å²) in [5.41, 5.74) is 11.6. The molecule has 0 spiro atoms. The van der Waals surface area contributed by atoms with Gasteiger partial charge in [0.05, 0.1) is 0 Å². The molecule has 21 heavy (non-hydrogen) atoms. The maximum atomic E-state index is 5.80. The predicted molar refractivity (Wildman–Crippen MR) is 89.2 cm³/mol. The molecule has 114 valence electrons. The van der Waals surface area contributed by atoms with Crippen LogP contribution >= 0.6 is 0 Å². The fourth-order valence-electron chi connectivity index (χ4n) is 3.37. The van der Waals surface area contributed by atoms with Gasteiger partial charge in [-0.2, -0.15) is 0 Å². The van der Waals surface area contributed by atoms with Gasteiger partial charge in [-0.05, 0) is 61.6 Å². The molecule has 1 aliphatic heterocycles. The third-order valence-corrected chi connectivity index (χ3v) is 4.84. The third kappa shape index (κ3) is 2.60. The minimum Gasteiger partial charge on any atom is -0.350 e. The van der Waals surface area contributed by atoms with Crippen molar-refractivity contribution in [1.29, 1.82) is 0 Å². The summed E-state index contributed by atoms with van der Waals surface area (Å²) >= 11 is 0. The van der Waals surface area contributed by atoms with E-state index in [-0.39, 0.29) is 0 Å². The Kier molecular flexibility index (Phi) is 3.80. The van der Waals surface area contributed by atoms with E-state index in [1.54, 1.807) is 0 Å². The monoisotopic (exact) mass is 285 g/mol. The average molecular weight is 285 g/mol. The van der Waals surface area contributed by atoms with Gasteiger partial charge in [0.2, 0.25) is 0 Å². The summed E-state index contributed by atoms with van der Waals surface area (Å²) < 4.78 is 2.27. The zero-order chi connectivity index (χ0) is 15.1. The van der Waals surface area contributed by atoms with Crippen molar-refractivity contribution in [3.8, 4) is 0 Å². The number of rotatable bonds is 4. The second-order valence-corrected chi connectivity index (χ2v) is 6.95. The Morgan fingerprint density at radius 1 is 1.14 bits per heavy atom. The summed E-state index contributed by atoms with van der Waals surface area (Å²) in [7, 11) is 2.15. The van der Waals surface area contributed by atoms with E-state index in [1.807, 2.05) is 0 Å². The summed E-state index contributed by atoms with van der Waals surface area (Å²) in [5, 5.41) is 1.42. The summed E-state index contributed by atoms with van der Waals surface area (Å²) in [6.07, 6.45) is 3.35. The normalized spacial score (nSPS) is 16.9. The molecule has 1 aromatic carbocycles. The molecule has 2 aromatic rings. The molecule has 3 nitrogen and oxygen atoms in total. The van der Waals surface area contributed by atoms with E-state index in [1.165, 1.54) is 27.6 Å². The first-order chi connectivity index (χ1) is 9.99. The molecule has 1 aromatic heterocycles. The van der Waals surface area contributed by atoms with Crippen molar-refractivity contribution in [1.82, 2.24) is 9.47 Å².